The summed E-state index contributed by atoms with van der Waals surface area (Å²) in [6.07, 6.45) is 7.25. The Labute approximate surface area is 95.3 Å². The maximum Gasteiger partial charge on any atom is 0.0950 e. The Kier molecular flexibility index (Phi) is 3.41. The number of hydrogen-bond acceptors (Lipinski definition) is 3. The van der Waals surface area contributed by atoms with Crippen molar-refractivity contribution in [3.8, 4) is 0 Å². The number of aromatic nitrogens is 2. The summed E-state index contributed by atoms with van der Waals surface area (Å²) in [5.74, 6) is 0. The van der Waals surface area contributed by atoms with Crippen molar-refractivity contribution in [1.82, 2.24) is 15.1 Å². The highest BCUT2D eigenvalue weighted by atomic mass is 16.3. The summed E-state index contributed by atoms with van der Waals surface area (Å²) in [7, 11) is 0. The summed E-state index contributed by atoms with van der Waals surface area (Å²) < 4.78 is 7.00. The van der Waals surface area contributed by atoms with Gasteiger partial charge >= 0.3 is 0 Å². The Bertz CT molecular complexity index is 394. The lowest BCUT2D eigenvalue weighted by Crippen LogP contribution is -2.32. The molecule has 4 heteroatoms. The predicted octanol–water partition coefficient (Wildman–Crippen LogP) is 2.22. The maximum absolute atomic E-state index is 5.07. The van der Waals surface area contributed by atoms with Crippen LogP contribution in [0, 0.1) is 0 Å². The SMILES string of the molecule is CC(Cn1cccn1)NC(C)c1ccoc1. The van der Waals surface area contributed by atoms with Gasteiger partial charge in [0, 0.05) is 30.0 Å². The zero-order chi connectivity index (χ0) is 11.4. The molecule has 0 aromatic carbocycles. The van der Waals surface area contributed by atoms with E-state index in [2.05, 4.69) is 24.3 Å². The molecule has 2 unspecified atom stereocenters. The van der Waals surface area contributed by atoms with Gasteiger partial charge in [0.2, 0.25) is 0 Å². The highest BCUT2D eigenvalue weighted by Crippen LogP contribution is 2.13. The first-order chi connectivity index (χ1) is 7.75. The van der Waals surface area contributed by atoms with Crippen molar-refractivity contribution >= 4 is 0 Å². The van der Waals surface area contributed by atoms with Gasteiger partial charge in [0.1, 0.15) is 0 Å². The fourth-order valence-electron chi connectivity index (χ4n) is 1.79. The number of nitrogens with one attached hydrogen (secondary N) is 1. The Morgan fingerprint density at radius 1 is 1.50 bits per heavy atom. The van der Waals surface area contributed by atoms with Crippen LogP contribution in [-0.2, 0) is 6.54 Å². The topological polar surface area (TPSA) is 43.0 Å². The highest BCUT2D eigenvalue weighted by molar-refractivity contribution is 5.10. The second kappa shape index (κ2) is 4.99. The van der Waals surface area contributed by atoms with Gasteiger partial charge in [-0.2, -0.15) is 5.10 Å². The summed E-state index contributed by atoms with van der Waals surface area (Å²) in [6, 6.07) is 4.58. The zero-order valence-corrected chi connectivity index (χ0v) is 9.63. The van der Waals surface area contributed by atoms with Crippen molar-refractivity contribution in [3.63, 3.8) is 0 Å². The van der Waals surface area contributed by atoms with Crippen LogP contribution in [0.1, 0.15) is 25.5 Å². The molecule has 1 N–H and O–H groups in total. The van der Waals surface area contributed by atoms with Crippen LogP contribution >= 0.6 is 0 Å². The summed E-state index contributed by atoms with van der Waals surface area (Å²) in [5.41, 5.74) is 1.17. The molecule has 0 aliphatic rings. The molecule has 0 aliphatic heterocycles. The molecule has 0 saturated carbocycles. The Hall–Kier alpha value is -1.55. The molecule has 0 fully saturated rings. The molecule has 0 aliphatic carbocycles. The van der Waals surface area contributed by atoms with Gasteiger partial charge in [0.25, 0.3) is 0 Å². The second-order valence-corrected chi connectivity index (χ2v) is 4.07. The molecule has 2 aromatic heterocycles. The summed E-state index contributed by atoms with van der Waals surface area (Å²) in [5, 5.41) is 7.68. The molecular weight excluding hydrogens is 202 g/mol. The van der Waals surface area contributed by atoms with Crippen LogP contribution in [0.2, 0.25) is 0 Å². The van der Waals surface area contributed by atoms with Crippen molar-refractivity contribution in [1.29, 1.82) is 0 Å². The first-order valence-corrected chi connectivity index (χ1v) is 5.51. The van der Waals surface area contributed by atoms with E-state index in [9.17, 15) is 0 Å². The lowest BCUT2D eigenvalue weighted by Gasteiger charge is -2.18. The monoisotopic (exact) mass is 219 g/mol. The molecule has 2 rings (SSSR count). The molecule has 0 radical (unpaired) electrons. The Morgan fingerprint density at radius 3 is 3.00 bits per heavy atom. The smallest absolute Gasteiger partial charge is 0.0950 e. The lowest BCUT2D eigenvalue weighted by atomic mass is 10.1. The molecule has 86 valence electrons. The molecule has 2 aromatic rings. The minimum atomic E-state index is 0.296. The summed E-state index contributed by atoms with van der Waals surface area (Å²) >= 11 is 0. The van der Waals surface area contributed by atoms with E-state index in [1.54, 1.807) is 18.7 Å². The third kappa shape index (κ3) is 2.73. The maximum atomic E-state index is 5.07. The minimum absolute atomic E-state index is 0.296. The van der Waals surface area contributed by atoms with Crippen molar-refractivity contribution in [2.24, 2.45) is 0 Å². The molecule has 2 heterocycles. The summed E-state index contributed by atoms with van der Waals surface area (Å²) in [6.45, 7) is 5.15. The van der Waals surface area contributed by atoms with Gasteiger partial charge in [-0.3, -0.25) is 4.68 Å². The van der Waals surface area contributed by atoms with Crippen molar-refractivity contribution in [2.45, 2.75) is 32.5 Å². The van der Waals surface area contributed by atoms with Gasteiger partial charge in [-0.05, 0) is 26.0 Å². The van der Waals surface area contributed by atoms with Crippen LogP contribution < -0.4 is 5.32 Å². The lowest BCUT2D eigenvalue weighted by molar-refractivity contribution is 0.411. The van der Waals surface area contributed by atoms with Crippen molar-refractivity contribution in [3.05, 3.63) is 42.6 Å². The Balaban J connectivity index is 1.85. The van der Waals surface area contributed by atoms with Gasteiger partial charge < -0.3 is 9.73 Å². The molecule has 2 atom stereocenters. The number of rotatable bonds is 5. The largest absolute Gasteiger partial charge is 0.472 e. The van der Waals surface area contributed by atoms with Crippen LogP contribution in [-0.4, -0.2) is 15.8 Å². The van der Waals surface area contributed by atoms with E-state index in [1.165, 1.54) is 5.56 Å². The minimum Gasteiger partial charge on any atom is -0.472 e. The van der Waals surface area contributed by atoms with E-state index in [1.807, 2.05) is 23.0 Å². The van der Waals surface area contributed by atoms with Gasteiger partial charge in [-0.25, -0.2) is 0 Å². The van der Waals surface area contributed by atoms with Gasteiger partial charge in [-0.1, -0.05) is 0 Å². The van der Waals surface area contributed by atoms with E-state index in [-0.39, 0.29) is 0 Å². The van der Waals surface area contributed by atoms with E-state index in [4.69, 9.17) is 4.42 Å². The zero-order valence-electron chi connectivity index (χ0n) is 9.63. The Morgan fingerprint density at radius 2 is 2.38 bits per heavy atom. The van der Waals surface area contributed by atoms with Gasteiger partial charge in [-0.15, -0.1) is 0 Å². The van der Waals surface area contributed by atoms with Crippen molar-refractivity contribution < 1.29 is 4.42 Å². The van der Waals surface area contributed by atoms with E-state index in [0.29, 0.717) is 12.1 Å². The van der Waals surface area contributed by atoms with Gasteiger partial charge in [0.05, 0.1) is 19.1 Å². The molecule has 16 heavy (non-hydrogen) atoms. The molecule has 4 nitrogen and oxygen atoms in total. The van der Waals surface area contributed by atoms with Crippen LogP contribution in [0.5, 0.6) is 0 Å². The fourth-order valence-corrected chi connectivity index (χ4v) is 1.79. The van der Waals surface area contributed by atoms with Crippen LogP contribution in [0.3, 0.4) is 0 Å². The summed E-state index contributed by atoms with van der Waals surface area (Å²) in [4.78, 5) is 0. The second-order valence-electron chi connectivity index (χ2n) is 4.07. The fraction of sp³-hybridized carbons (Fsp3) is 0.417. The standard InChI is InChI=1S/C12H17N3O/c1-10(8-15-6-3-5-13-15)14-11(2)12-4-7-16-9-12/h3-7,9-11,14H,8H2,1-2H3. The van der Waals surface area contributed by atoms with E-state index in [0.717, 1.165) is 6.54 Å². The van der Waals surface area contributed by atoms with Crippen LogP contribution in [0.15, 0.2) is 41.5 Å². The molecular formula is C12H17N3O. The highest BCUT2D eigenvalue weighted by Gasteiger charge is 2.10. The third-order valence-corrected chi connectivity index (χ3v) is 2.60. The quantitative estimate of drug-likeness (QED) is 0.838. The number of nitrogens with zero attached hydrogens (tertiary/aromatic N) is 2. The first kappa shape index (κ1) is 11.0. The van der Waals surface area contributed by atoms with Crippen LogP contribution in [0.25, 0.3) is 0 Å². The van der Waals surface area contributed by atoms with E-state index < -0.39 is 0 Å². The average molecular weight is 219 g/mol. The van der Waals surface area contributed by atoms with E-state index >= 15 is 0 Å². The van der Waals surface area contributed by atoms with Gasteiger partial charge in [0.15, 0.2) is 0 Å². The molecule has 0 spiro atoms. The van der Waals surface area contributed by atoms with Crippen LogP contribution in [0.4, 0.5) is 0 Å². The normalized spacial score (nSPS) is 14.9. The number of furan rings is 1. The first-order valence-electron chi connectivity index (χ1n) is 5.51. The predicted molar refractivity (Wildman–Crippen MR) is 61.9 cm³/mol. The molecule has 0 bridgehead atoms. The molecule has 0 saturated heterocycles. The number of hydrogen-bond donors (Lipinski definition) is 1. The average Bonchev–Trinajstić information content (AvgIpc) is 2.88. The molecule has 0 amide bonds. The third-order valence-electron chi connectivity index (χ3n) is 2.60. The van der Waals surface area contributed by atoms with Crippen molar-refractivity contribution in [2.75, 3.05) is 0 Å².